The molecule has 0 saturated carbocycles. The summed E-state index contributed by atoms with van der Waals surface area (Å²) in [5, 5.41) is 9.13. The maximum Gasteiger partial charge on any atom is -1.00 e. The van der Waals surface area contributed by atoms with Crippen molar-refractivity contribution in [1.29, 1.82) is 0 Å². The molecule has 0 bridgehead atoms. The number of fused-ring (bicyclic) bond motifs is 2. The molecule has 2 aromatic heterocycles. The minimum absolute atomic E-state index is 0. The van der Waals surface area contributed by atoms with Gasteiger partial charge in [0.15, 0.2) is 0 Å². The number of allylic oxidation sites excluding steroid dienone is 2. The summed E-state index contributed by atoms with van der Waals surface area (Å²) >= 11 is -1.02. The zero-order chi connectivity index (χ0) is 19.2. The molecule has 4 aromatic rings. The predicted molar refractivity (Wildman–Crippen MR) is 111 cm³/mol. The van der Waals surface area contributed by atoms with Gasteiger partial charge in [-0.05, 0) is 0 Å². The van der Waals surface area contributed by atoms with Gasteiger partial charge in [0.1, 0.15) is 0 Å². The Hall–Kier alpha value is -2.20. The molecule has 4 nitrogen and oxygen atoms in total. The van der Waals surface area contributed by atoms with E-state index in [1.165, 1.54) is 33.6 Å². The topological polar surface area (TPSA) is 35.6 Å². The zero-order valence-corrected chi connectivity index (χ0v) is 20.4. The van der Waals surface area contributed by atoms with Crippen molar-refractivity contribution in [3.8, 4) is 0 Å². The summed E-state index contributed by atoms with van der Waals surface area (Å²) in [5.74, 6) is 0. The summed E-state index contributed by atoms with van der Waals surface area (Å²) in [6, 6.07) is 21.6. The third kappa shape index (κ3) is 3.80. The Morgan fingerprint density at radius 2 is 1.06 bits per heavy atom. The molecule has 2 atom stereocenters. The van der Waals surface area contributed by atoms with E-state index in [0.29, 0.717) is 7.25 Å². The van der Waals surface area contributed by atoms with Crippen molar-refractivity contribution in [2.24, 2.45) is 0 Å². The van der Waals surface area contributed by atoms with Crippen LogP contribution >= 0.6 is 0 Å². The first-order valence-corrected chi connectivity index (χ1v) is 12.6. The quantitative estimate of drug-likeness (QED) is 0.343. The van der Waals surface area contributed by atoms with Gasteiger partial charge in [-0.2, -0.15) is 0 Å². The van der Waals surface area contributed by atoms with Crippen molar-refractivity contribution in [2.45, 2.75) is 7.25 Å². The maximum atomic E-state index is 4.56. The van der Waals surface area contributed by atoms with Crippen molar-refractivity contribution >= 4 is 23.5 Å². The molecule has 152 valence electrons. The normalized spacial score (nSPS) is 18.1. The molecular formula is C24H18Cl2N4Zr. The van der Waals surface area contributed by atoms with Crippen LogP contribution in [0.1, 0.15) is 29.5 Å². The van der Waals surface area contributed by atoms with E-state index in [1.54, 1.807) is 0 Å². The zero-order valence-electron chi connectivity index (χ0n) is 16.4. The standard InChI is InChI=1S/2C12H9N2.2ClH.Zr/c2*1-2-5-11-9-12(8-10(11)4-1)14-7-3-6-13-14;;;/h2*1-9H;2*1H;/q;;;;+2/p-2. The van der Waals surface area contributed by atoms with E-state index in [2.05, 4.69) is 92.6 Å². The number of rotatable bonds is 4. The molecule has 31 heavy (non-hydrogen) atoms. The fourth-order valence-corrected chi connectivity index (χ4v) is 9.27. The van der Waals surface area contributed by atoms with Gasteiger partial charge in [-0.25, -0.2) is 0 Å². The first-order chi connectivity index (χ1) is 14.4. The summed E-state index contributed by atoms with van der Waals surface area (Å²) in [7, 11) is 0. The molecule has 2 heterocycles. The average Bonchev–Trinajstić information content (AvgIpc) is 3.55. The Labute approximate surface area is 205 Å². The molecule has 6 rings (SSSR count). The van der Waals surface area contributed by atoms with Crippen LogP contribution in [0, 0.1) is 0 Å². The van der Waals surface area contributed by atoms with Gasteiger partial charge in [0.2, 0.25) is 0 Å². The minimum Gasteiger partial charge on any atom is -1.00 e. The SMILES string of the molecule is C1=C(n2cccn2)[CH]([Zr+2][CH]2C(n3cccn3)=Cc3ccccc32)c2ccccc21.[Cl-].[Cl-]. The Morgan fingerprint density at radius 1 is 0.613 bits per heavy atom. The van der Waals surface area contributed by atoms with Crippen LogP contribution < -0.4 is 24.8 Å². The summed E-state index contributed by atoms with van der Waals surface area (Å²) in [5.41, 5.74) is 8.20. The molecule has 2 aliphatic carbocycles. The fourth-order valence-electron chi connectivity index (χ4n) is 4.37. The summed E-state index contributed by atoms with van der Waals surface area (Å²) in [4.78, 5) is 0. The number of halogens is 2. The Kier molecular flexibility index (Phi) is 6.48. The van der Waals surface area contributed by atoms with Crippen LogP contribution in [0.15, 0.2) is 85.5 Å². The van der Waals surface area contributed by atoms with Crippen LogP contribution in [0.3, 0.4) is 0 Å². The van der Waals surface area contributed by atoms with Gasteiger partial charge in [0.05, 0.1) is 0 Å². The third-order valence-corrected chi connectivity index (χ3v) is 10.3. The molecule has 2 aliphatic rings. The van der Waals surface area contributed by atoms with Gasteiger partial charge >= 0.3 is 181 Å². The summed E-state index contributed by atoms with van der Waals surface area (Å²) in [6.45, 7) is 0. The molecule has 0 N–H and O–H groups in total. The third-order valence-electron chi connectivity index (χ3n) is 5.68. The van der Waals surface area contributed by atoms with Crippen molar-refractivity contribution < 1.29 is 48.0 Å². The fraction of sp³-hybridized carbons (Fsp3) is 0.0833. The van der Waals surface area contributed by atoms with Crippen molar-refractivity contribution in [1.82, 2.24) is 19.6 Å². The molecule has 0 radical (unpaired) electrons. The molecule has 0 saturated heterocycles. The molecule has 7 heteroatoms. The Balaban J connectivity index is 0.00000116. The Morgan fingerprint density at radius 3 is 1.48 bits per heavy atom. The second-order valence-corrected chi connectivity index (χ2v) is 11.0. The molecule has 0 aliphatic heterocycles. The van der Waals surface area contributed by atoms with E-state index in [1.807, 2.05) is 24.5 Å². The van der Waals surface area contributed by atoms with Gasteiger partial charge in [-0.3, -0.25) is 0 Å². The van der Waals surface area contributed by atoms with Crippen LogP contribution in [0.4, 0.5) is 0 Å². The first kappa shape index (κ1) is 22.0. The van der Waals surface area contributed by atoms with Crippen molar-refractivity contribution in [3.05, 3.63) is 108 Å². The molecular weight excluding hydrogens is 506 g/mol. The van der Waals surface area contributed by atoms with E-state index in [4.69, 9.17) is 0 Å². The first-order valence-electron chi connectivity index (χ1n) is 9.75. The Bertz CT molecular complexity index is 1150. The van der Waals surface area contributed by atoms with Gasteiger partial charge < -0.3 is 24.8 Å². The monoisotopic (exact) mass is 522 g/mol. The van der Waals surface area contributed by atoms with E-state index < -0.39 is 23.2 Å². The minimum atomic E-state index is -1.02. The van der Waals surface area contributed by atoms with E-state index in [0.717, 1.165) is 0 Å². The van der Waals surface area contributed by atoms with Gasteiger partial charge in [0.25, 0.3) is 0 Å². The summed E-state index contributed by atoms with van der Waals surface area (Å²) < 4.78 is 5.02. The van der Waals surface area contributed by atoms with Gasteiger partial charge in [0, 0.05) is 0 Å². The molecule has 2 aromatic carbocycles. The van der Waals surface area contributed by atoms with Gasteiger partial charge in [-0.1, -0.05) is 0 Å². The smallest absolute Gasteiger partial charge is 1.00 e. The number of nitrogens with zero attached hydrogens (tertiary/aromatic N) is 4. The van der Waals surface area contributed by atoms with E-state index in [-0.39, 0.29) is 24.8 Å². The maximum absolute atomic E-state index is 4.56. The van der Waals surface area contributed by atoms with Crippen LogP contribution in [-0.4, -0.2) is 19.6 Å². The summed E-state index contributed by atoms with van der Waals surface area (Å²) in [6.07, 6.45) is 12.5. The number of aromatic nitrogens is 4. The van der Waals surface area contributed by atoms with Crippen LogP contribution in [0.5, 0.6) is 0 Å². The van der Waals surface area contributed by atoms with Crippen molar-refractivity contribution in [3.63, 3.8) is 0 Å². The average molecular weight is 525 g/mol. The molecule has 0 spiro atoms. The number of benzene rings is 2. The molecule has 0 fully saturated rings. The second kappa shape index (κ2) is 9.12. The predicted octanol–water partition coefficient (Wildman–Crippen LogP) is -1.02. The number of hydrogen-bond donors (Lipinski definition) is 0. The van der Waals surface area contributed by atoms with Crippen LogP contribution in [0.25, 0.3) is 23.5 Å². The molecule has 2 unspecified atom stereocenters. The van der Waals surface area contributed by atoms with E-state index >= 15 is 0 Å². The second-order valence-electron chi connectivity index (χ2n) is 7.33. The molecule has 0 amide bonds. The van der Waals surface area contributed by atoms with Crippen LogP contribution in [-0.2, 0) is 23.2 Å². The number of hydrogen-bond acceptors (Lipinski definition) is 2. The van der Waals surface area contributed by atoms with Crippen LogP contribution in [0.2, 0.25) is 0 Å². The van der Waals surface area contributed by atoms with Crippen molar-refractivity contribution in [2.75, 3.05) is 0 Å². The van der Waals surface area contributed by atoms with Gasteiger partial charge in [-0.15, -0.1) is 0 Å². The largest absolute Gasteiger partial charge is 1.00 e. The van der Waals surface area contributed by atoms with E-state index in [9.17, 15) is 0 Å².